The van der Waals surface area contributed by atoms with Crippen LogP contribution in [0.4, 0.5) is 4.79 Å². The highest BCUT2D eigenvalue weighted by Gasteiger charge is 2.27. The molecule has 0 spiro atoms. The van der Waals surface area contributed by atoms with Crippen LogP contribution < -0.4 is 0 Å². The highest BCUT2D eigenvalue weighted by molar-refractivity contribution is 5.68. The van der Waals surface area contributed by atoms with Gasteiger partial charge in [0.15, 0.2) is 0 Å². The molecular weight excluding hydrogens is 304 g/mol. The van der Waals surface area contributed by atoms with E-state index in [1.165, 1.54) is 6.42 Å². The number of carbonyl (C=O) groups excluding carboxylic acids is 1. The zero-order chi connectivity index (χ0) is 17.6. The van der Waals surface area contributed by atoms with Crippen LogP contribution in [-0.4, -0.2) is 41.3 Å². The Balaban J connectivity index is 1.66. The smallest absolute Gasteiger partial charge is 0.410 e. The number of aromatic nitrogens is 1. The number of piperidine rings is 1. The van der Waals surface area contributed by atoms with E-state index in [0.29, 0.717) is 5.92 Å². The van der Waals surface area contributed by atoms with Gasteiger partial charge in [-0.25, -0.2) is 4.79 Å². The number of hydrogen-bond acceptors (Lipinski definition) is 3. The van der Waals surface area contributed by atoms with Gasteiger partial charge in [-0.15, -0.1) is 0 Å². The summed E-state index contributed by atoms with van der Waals surface area (Å²) in [5, 5.41) is 0. The summed E-state index contributed by atoms with van der Waals surface area (Å²) in [4.78, 5) is 17.2. The topological polar surface area (TPSA) is 54.6 Å². The molecule has 2 heterocycles. The second-order valence-electron chi connectivity index (χ2n) is 7.72. The molecule has 1 saturated heterocycles. The first-order valence-electron chi connectivity index (χ1n) is 9.08. The Morgan fingerprint density at radius 3 is 2.92 bits per heavy atom. The van der Waals surface area contributed by atoms with Crippen LogP contribution in [0.25, 0.3) is 0 Å². The molecule has 136 valence electrons. The second kappa shape index (κ2) is 8.56. The summed E-state index contributed by atoms with van der Waals surface area (Å²) in [5.74, 6) is 0.552. The summed E-state index contributed by atoms with van der Waals surface area (Å²) in [5.41, 5.74) is 0.690. The van der Waals surface area contributed by atoms with E-state index in [1.54, 1.807) is 0 Å². The summed E-state index contributed by atoms with van der Waals surface area (Å²) in [6.45, 7) is 10.2. The molecule has 0 bridgehead atoms. The third kappa shape index (κ3) is 6.19. The minimum absolute atomic E-state index is 0.101. The molecule has 1 fully saturated rings. The van der Waals surface area contributed by atoms with E-state index < -0.39 is 5.60 Å². The van der Waals surface area contributed by atoms with Crippen LogP contribution >= 0.6 is 0 Å². The molecule has 5 nitrogen and oxygen atoms in total. The van der Waals surface area contributed by atoms with Gasteiger partial charge in [0.25, 0.3) is 0 Å². The van der Waals surface area contributed by atoms with Crippen molar-refractivity contribution in [1.29, 1.82) is 0 Å². The number of likely N-dealkylation sites (tertiary alicyclic amines) is 1. The Morgan fingerprint density at radius 2 is 2.25 bits per heavy atom. The molecule has 1 aliphatic rings. The summed E-state index contributed by atoms with van der Waals surface area (Å²) >= 11 is 0. The van der Waals surface area contributed by atoms with Crippen LogP contribution in [0, 0.1) is 5.92 Å². The van der Waals surface area contributed by atoms with Crippen molar-refractivity contribution in [2.45, 2.75) is 65.1 Å². The van der Waals surface area contributed by atoms with Crippen molar-refractivity contribution in [3.8, 4) is 0 Å². The first kappa shape index (κ1) is 18.8. The van der Waals surface area contributed by atoms with Crippen molar-refractivity contribution in [1.82, 2.24) is 9.88 Å². The zero-order valence-electron chi connectivity index (χ0n) is 15.5. The Bertz CT molecular complexity index is 493. The first-order valence-corrected chi connectivity index (χ1v) is 9.08. The molecule has 0 saturated carbocycles. The molecule has 1 amide bonds. The van der Waals surface area contributed by atoms with Gasteiger partial charge < -0.3 is 19.4 Å². The molecule has 0 aromatic carbocycles. The predicted molar refractivity (Wildman–Crippen MR) is 94.9 cm³/mol. The van der Waals surface area contributed by atoms with Gasteiger partial charge in [-0.05, 0) is 71.4 Å². The number of amides is 1. The predicted octanol–water partition coefficient (Wildman–Crippen LogP) is 4.52. The highest BCUT2D eigenvalue weighted by atomic mass is 16.6. The molecular formula is C19H32N2O3. The van der Waals surface area contributed by atoms with Crippen LogP contribution in [0.2, 0.25) is 0 Å². The maximum Gasteiger partial charge on any atom is 0.410 e. The van der Waals surface area contributed by atoms with Crippen LogP contribution in [0.5, 0.6) is 0 Å². The summed E-state index contributed by atoms with van der Waals surface area (Å²) in [7, 11) is 0. The molecule has 2 atom stereocenters. The largest absolute Gasteiger partial charge is 0.444 e. The Kier molecular flexibility index (Phi) is 6.72. The van der Waals surface area contributed by atoms with Gasteiger partial charge >= 0.3 is 6.09 Å². The maximum absolute atomic E-state index is 12.2. The SMILES string of the molecule is C[C@@H](OCCC[C@@H]1CCCN(C(=O)OC(C)(C)C)C1)c1ccc[nH]1. The van der Waals surface area contributed by atoms with Crippen LogP contribution in [0.3, 0.4) is 0 Å². The minimum atomic E-state index is -0.425. The lowest BCUT2D eigenvalue weighted by atomic mass is 9.94. The monoisotopic (exact) mass is 336 g/mol. The number of rotatable bonds is 6. The number of carbonyl (C=O) groups is 1. The highest BCUT2D eigenvalue weighted by Crippen LogP contribution is 2.23. The third-order valence-corrected chi connectivity index (χ3v) is 4.36. The maximum atomic E-state index is 12.2. The molecule has 1 aromatic heterocycles. The molecule has 0 unspecified atom stereocenters. The Hall–Kier alpha value is -1.49. The molecule has 5 heteroatoms. The number of ether oxygens (including phenoxy) is 2. The fourth-order valence-electron chi connectivity index (χ4n) is 3.11. The van der Waals surface area contributed by atoms with E-state index in [1.807, 2.05) is 44.0 Å². The Labute approximate surface area is 145 Å². The molecule has 0 aliphatic carbocycles. The van der Waals surface area contributed by atoms with Gasteiger partial charge in [-0.1, -0.05) is 0 Å². The van der Waals surface area contributed by atoms with Crippen LogP contribution in [-0.2, 0) is 9.47 Å². The zero-order valence-corrected chi connectivity index (χ0v) is 15.5. The summed E-state index contributed by atoms with van der Waals surface area (Å²) < 4.78 is 11.4. The van der Waals surface area contributed by atoms with Gasteiger partial charge in [-0.2, -0.15) is 0 Å². The Morgan fingerprint density at radius 1 is 1.46 bits per heavy atom. The van der Waals surface area contributed by atoms with E-state index in [-0.39, 0.29) is 12.2 Å². The normalized spacial score (nSPS) is 20.0. The van der Waals surface area contributed by atoms with Gasteiger partial charge in [0.2, 0.25) is 0 Å². The van der Waals surface area contributed by atoms with Gasteiger partial charge in [0.1, 0.15) is 5.60 Å². The fourth-order valence-corrected chi connectivity index (χ4v) is 3.11. The van der Waals surface area contributed by atoms with Crippen molar-refractivity contribution in [2.24, 2.45) is 5.92 Å². The molecule has 1 aliphatic heterocycles. The molecule has 1 aromatic rings. The van der Waals surface area contributed by atoms with Gasteiger partial charge in [-0.3, -0.25) is 0 Å². The van der Waals surface area contributed by atoms with E-state index in [0.717, 1.165) is 44.7 Å². The average molecular weight is 336 g/mol. The number of nitrogens with one attached hydrogen (secondary N) is 1. The lowest BCUT2D eigenvalue weighted by Crippen LogP contribution is -2.42. The summed E-state index contributed by atoms with van der Waals surface area (Å²) in [6, 6.07) is 4.03. The van der Waals surface area contributed by atoms with Crippen molar-refractivity contribution in [3.05, 3.63) is 24.0 Å². The molecule has 2 rings (SSSR count). The van der Waals surface area contributed by atoms with E-state index >= 15 is 0 Å². The lowest BCUT2D eigenvalue weighted by molar-refractivity contribution is 0.0148. The molecule has 1 N–H and O–H groups in total. The molecule has 24 heavy (non-hydrogen) atoms. The number of nitrogens with zero attached hydrogens (tertiary/aromatic N) is 1. The fraction of sp³-hybridized carbons (Fsp3) is 0.737. The third-order valence-electron chi connectivity index (χ3n) is 4.36. The van der Waals surface area contributed by atoms with Gasteiger partial charge in [0, 0.05) is 31.6 Å². The van der Waals surface area contributed by atoms with Crippen molar-refractivity contribution < 1.29 is 14.3 Å². The van der Waals surface area contributed by atoms with Crippen molar-refractivity contribution in [2.75, 3.05) is 19.7 Å². The molecule has 0 radical (unpaired) electrons. The minimum Gasteiger partial charge on any atom is -0.444 e. The quantitative estimate of drug-likeness (QED) is 0.777. The standard InChI is InChI=1S/C19H32N2O3/c1-15(17-10-5-11-20-17)23-13-7-9-16-8-6-12-21(14-16)18(22)24-19(2,3)4/h5,10-11,15-16,20H,6-9,12-14H2,1-4H3/t15-,16+/m1/s1. The van der Waals surface area contributed by atoms with Gasteiger partial charge in [0.05, 0.1) is 6.10 Å². The van der Waals surface area contributed by atoms with Crippen LogP contribution in [0.1, 0.15) is 65.2 Å². The van der Waals surface area contributed by atoms with E-state index in [9.17, 15) is 4.79 Å². The van der Waals surface area contributed by atoms with Crippen LogP contribution in [0.15, 0.2) is 18.3 Å². The number of H-pyrrole nitrogens is 1. The van der Waals surface area contributed by atoms with Crippen molar-refractivity contribution in [3.63, 3.8) is 0 Å². The van der Waals surface area contributed by atoms with E-state index in [2.05, 4.69) is 11.9 Å². The number of aromatic amines is 1. The first-order chi connectivity index (χ1) is 11.3. The summed E-state index contributed by atoms with van der Waals surface area (Å²) in [6.07, 6.45) is 6.21. The van der Waals surface area contributed by atoms with E-state index in [4.69, 9.17) is 9.47 Å². The van der Waals surface area contributed by atoms with Crippen molar-refractivity contribution >= 4 is 6.09 Å². The average Bonchev–Trinajstić information content (AvgIpc) is 3.04. The lowest BCUT2D eigenvalue weighted by Gasteiger charge is -2.34. The number of hydrogen-bond donors (Lipinski definition) is 1. The second-order valence-corrected chi connectivity index (χ2v) is 7.72.